The van der Waals surface area contributed by atoms with Crippen LogP contribution in [0, 0.1) is 0 Å². The molecule has 2 aromatic rings. The van der Waals surface area contributed by atoms with E-state index in [9.17, 15) is 4.79 Å². The molecule has 2 rings (SSSR count). The Bertz CT molecular complexity index is 639. The Morgan fingerprint density at radius 1 is 1.38 bits per heavy atom. The summed E-state index contributed by atoms with van der Waals surface area (Å²) in [7, 11) is 3.52. The molecule has 0 radical (unpaired) electrons. The molecule has 0 aliphatic carbocycles. The van der Waals surface area contributed by atoms with Crippen molar-refractivity contribution >= 4 is 17.2 Å². The number of hydrogen-bond donors (Lipinski definition) is 1. The van der Waals surface area contributed by atoms with Crippen molar-refractivity contribution < 1.29 is 4.79 Å². The van der Waals surface area contributed by atoms with Gasteiger partial charge < -0.3 is 10.2 Å². The first-order valence-corrected chi connectivity index (χ1v) is 7.08. The van der Waals surface area contributed by atoms with Crippen LogP contribution in [0.5, 0.6) is 0 Å². The highest BCUT2D eigenvalue weighted by Crippen LogP contribution is 2.24. The Balaban J connectivity index is 2.17. The molecule has 114 valence electrons. The summed E-state index contributed by atoms with van der Waals surface area (Å²) in [5.74, 6) is 0.852. The van der Waals surface area contributed by atoms with Crippen molar-refractivity contribution in [1.82, 2.24) is 19.5 Å². The van der Waals surface area contributed by atoms with E-state index in [-0.39, 0.29) is 11.3 Å². The van der Waals surface area contributed by atoms with E-state index < -0.39 is 0 Å². The molecule has 21 heavy (non-hydrogen) atoms. The van der Waals surface area contributed by atoms with Crippen molar-refractivity contribution in [2.45, 2.75) is 32.6 Å². The summed E-state index contributed by atoms with van der Waals surface area (Å²) >= 11 is 0. The number of anilines is 1. The molecule has 2 heterocycles. The first-order chi connectivity index (χ1) is 9.79. The Kier molecular flexibility index (Phi) is 4.16. The number of aromatic nitrogens is 3. The number of nitrogens with one attached hydrogen (secondary N) is 1. The van der Waals surface area contributed by atoms with Gasteiger partial charge in [0, 0.05) is 44.9 Å². The maximum absolute atomic E-state index is 11.6. The largest absolute Gasteiger partial charge is 0.368 e. The van der Waals surface area contributed by atoms with Crippen molar-refractivity contribution in [3.63, 3.8) is 0 Å². The maximum atomic E-state index is 11.6. The van der Waals surface area contributed by atoms with Gasteiger partial charge in [0.05, 0.1) is 5.69 Å². The van der Waals surface area contributed by atoms with E-state index in [1.54, 1.807) is 25.2 Å². The van der Waals surface area contributed by atoms with Gasteiger partial charge in [-0.2, -0.15) is 5.10 Å². The second kappa shape index (κ2) is 5.71. The fraction of sp³-hybridized carbons (Fsp3) is 0.533. The van der Waals surface area contributed by atoms with E-state index in [0.29, 0.717) is 13.0 Å². The molecule has 0 bridgehead atoms. The van der Waals surface area contributed by atoms with Crippen molar-refractivity contribution in [2.75, 3.05) is 26.0 Å². The Morgan fingerprint density at radius 3 is 2.71 bits per heavy atom. The van der Waals surface area contributed by atoms with Crippen molar-refractivity contribution in [2.24, 2.45) is 0 Å². The van der Waals surface area contributed by atoms with Gasteiger partial charge in [-0.05, 0) is 6.07 Å². The fourth-order valence-corrected chi connectivity index (χ4v) is 1.94. The van der Waals surface area contributed by atoms with Crippen LogP contribution < -0.4 is 5.32 Å². The van der Waals surface area contributed by atoms with Crippen LogP contribution in [0.4, 0.5) is 5.82 Å². The first kappa shape index (κ1) is 15.3. The summed E-state index contributed by atoms with van der Waals surface area (Å²) in [5.41, 5.74) is 1.94. The number of amides is 1. The molecule has 6 nitrogen and oxygen atoms in total. The predicted octanol–water partition coefficient (Wildman–Crippen LogP) is 1.92. The van der Waals surface area contributed by atoms with Crippen molar-refractivity contribution in [3.05, 3.63) is 24.2 Å². The van der Waals surface area contributed by atoms with Gasteiger partial charge in [-0.15, -0.1) is 0 Å². The van der Waals surface area contributed by atoms with Gasteiger partial charge >= 0.3 is 0 Å². The summed E-state index contributed by atoms with van der Waals surface area (Å²) in [6.45, 7) is 6.95. The lowest BCUT2D eigenvalue weighted by Gasteiger charge is -2.13. The normalized spacial score (nSPS) is 11.7. The molecule has 0 aliphatic heterocycles. The molecular formula is C15H23N5O. The monoisotopic (exact) mass is 289 g/mol. The molecule has 1 amide bonds. The van der Waals surface area contributed by atoms with Gasteiger partial charge in [0.15, 0.2) is 5.82 Å². The minimum Gasteiger partial charge on any atom is -0.368 e. The molecule has 0 spiro atoms. The molecular weight excluding hydrogens is 266 g/mol. The molecule has 2 aromatic heterocycles. The fourth-order valence-electron chi connectivity index (χ4n) is 1.94. The third-order valence-electron chi connectivity index (χ3n) is 3.29. The van der Waals surface area contributed by atoms with Crippen LogP contribution in [0.15, 0.2) is 18.5 Å². The maximum Gasteiger partial charge on any atom is 0.223 e. The lowest BCUT2D eigenvalue weighted by Crippen LogP contribution is -2.24. The van der Waals surface area contributed by atoms with Gasteiger partial charge in [-0.25, -0.2) is 9.50 Å². The number of hydrogen-bond acceptors (Lipinski definition) is 4. The molecule has 6 heteroatoms. The van der Waals surface area contributed by atoms with Crippen LogP contribution in [0.25, 0.3) is 5.52 Å². The molecule has 0 atom stereocenters. The number of fused-ring (bicyclic) bond motifs is 1. The van der Waals surface area contributed by atoms with Crippen molar-refractivity contribution in [1.29, 1.82) is 0 Å². The zero-order chi connectivity index (χ0) is 15.6. The molecule has 0 aromatic carbocycles. The standard InChI is InChI=1S/C15H23N5O/c1-15(2,3)12-10-11-14(17-8-9-20(11)18-12)16-7-6-13(21)19(4)5/h8-10H,6-7H2,1-5H3,(H,16,17). The minimum atomic E-state index is -0.00974. The van der Waals surface area contributed by atoms with Crippen LogP contribution in [-0.4, -0.2) is 46.0 Å². The van der Waals surface area contributed by atoms with Crippen LogP contribution >= 0.6 is 0 Å². The lowest BCUT2D eigenvalue weighted by molar-refractivity contribution is -0.128. The minimum absolute atomic E-state index is 0.00974. The third kappa shape index (κ3) is 3.51. The molecule has 0 aliphatic rings. The summed E-state index contributed by atoms with van der Waals surface area (Å²) in [4.78, 5) is 17.5. The quantitative estimate of drug-likeness (QED) is 0.934. The smallest absolute Gasteiger partial charge is 0.223 e. The van der Waals surface area contributed by atoms with Gasteiger partial charge in [0.25, 0.3) is 0 Å². The summed E-state index contributed by atoms with van der Waals surface area (Å²) < 4.78 is 1.82. The molecule has 1 N–H and O–H groups in total. The number of carbonyl (C=O) groups excluding carboxylic acids is 1. The highest BCUT2D eigenvalue weighted by atomic mass is 16.2. The molecule has 0 saturated carbocycles. The zero-order valence-corrected chi connectivity index (χ0v) is 13.3. The summed E-state index contributed by atoms with van der Waals surface area (Å²) in [6, 6.07) is 2.04. The van der Waals surface area contributed by atoms with Gasteiger partial charge in [0.1, 0.15) is 5.52 Å². The van der Waals surface area contributed by atoms with E-state index in [4.69, 9.17) is 0 Å². The van der Waals surface area contributed by atoms with E-state index in [1.807, 2.05) is 16.8 Å². The average Bonchev–Trinajstić information content (AvgIpc) is 2.83. The molecule has 0 fully saturated rings. The Labute approximate surface area is 125 Å². The van der Waals surface area contributed by atoms with Gasteiger partial charge in [-0.1, -0.05) is 20.8 Å². The topological polar surface area (TPSA) is 62.5 Å². The van der Waals surface area contributed by atoms with E-state index >= 15 is 0 Å². The van der Waals surface area contributed by atoms with Gasteiger partial charge in [0.2, 0.25) is 5.91 Å². The Morgan fingerprint density at radius 2 is 2.10 bits per heavy atom. The summed E-state index contributed by atoms with van der Waals surface area (Å²) in [5, 5.41) is 7.80. The molecule has 0 saturated heterocycles. The van der Waals surface area contributed by atoms with Gasteiger partial charge in [-0.3, -0.25) is 4.79 Å². The first-order valence-electron chi connectivity index (χ1n) is 7.08. The molecule has 0 unspecified atom stereocenters. The number of rotatable bonds is 4. The zero-order valence-electron chi connectivity index (χ0n) is 13.3. The van der Waals surface area contributed by atoms with Crippen LogP contribution in [0.2, 0.25) is 0 Å². The Hall–Kier alpha value is -2.11. The second-order valence-electron chi connectivity index (χ2n) is 6.35. The van der Waals surface area contributed by atoms with E-state index in [1.165, 1.54) is 0 Å². The predicted molar refractivity (Wildman–Crippen MR) is 83.5 cm³/mol. The number of nitrogens with zero attached hydrogens (tertiary/aromatic N) is 4. The van der Waals surface area contributed by atoms with E-state index in [2.05, 4.69) is 36.2 Å². The van der Waals surface area contributed by atoms with Crippen LogP contribution in [-0.2, 0) is 10.2 Å². The third-order valence-corrected chi connectivity index (χ3v) is 3.29. The summed E-state index contributed by atoms with van der Waals surface area (Å²) in [6.07, 6.45) is 3.99. The van der Waals surface area contributed by atoms with E-state index in [0.717, 1.165) is 17.0 Å². The average molecular weight is 289 g/mol. The second-order valence-corrected chi connectivity index (χ2v) is 6.35. The van der Waals surface area contributed by atoms with Crippen LogP contribution in [0.3, 0.4) is 0 Å². The van der Waals surface area contributed by atoms with Crippen LogP contribution in [0.1, 0.15) is 32.9 Å². The number of carbonyl (C=O) groups is 1. The van der Waals surface area contributed by atoms with Crippen molar-refractivity contribution in [3.8, 4) is 0 Å². The lowest BCUT2D eigenvalue weighted by atomic mass is 9.92. The highest BCUT2D eigenvalue weighted by Gasteiger charge is 2.19. The SMILES string of the molecule is CN(C)C(=O)CCNc1nccn2nc(C(C)(C)C)cc12. The highest BCUT2D eigenvalue weighted by molar-refractivity contribution is 5.76.